The van der Waals surface area contributed by atoms with Crippen molar-refractivity contribution in [2.45, 2.75) is 26.3 Å². The van der Waals surface area contributed by atoms with Crippen LogP contribution in [0.15, 0.2) is 35.8 Å². The first-order valence-electron chi connectivity index (χ1n) is 6.39. The van der Waals surface area contributed by atoms with Crippen molar-refractivity contribution in [2.24, 2.45) is 0 Å². The van der Waals surface area contributed by atoms with Gasteiger partial charge in [-0.1, -0.05) is 13.0 Å². The Morgan fingerprint density at radius 3 is 2.74 bits per heavy atom. The SMILES string of the molecule is CCC(=O)c1ccc(N(C)C(C)c2cccs2)cn1. The van der Waals surface area contributed by atoms with Gasteiger partial charge in [0.25, 0.3) is 0 Å². The summed E-state index contributed by atoms with van der Waals surface area (Å²) in [6.45, 7) is 4.01. The van der Waals surface area contributed by atoms with Gasteiger partial charge in [-0.15, -0.1) is 11.3 Å². The van der Waals surface area contributed by atoms with Crippen LogP contribution in [0.5, 0.6) is 0 Å². The Bertz CT molecular complexity index is 534. The third kappa shape index (κ3) is 3.01. The van der Waals surface area contributed by atoms with Crippen molar-refractivity contribution in [3.8, 4) is 0 Å². The van der Waals surface area contributed by atoms with Gasteiger partial charge in [-0.3, -0.25) is 9.78 Å². The molecule has 0 aliphatic rings. The summed E-state index contributed by atoms with van der Waals surface area (Å²) < 4.78 is 0. The molecule has 0 saturated carbocycles. The molecule has 1 unspecified atom stereocenters. The molecule has 2 aromatic rings. The Hall–Kier alpha value is -1.68. The Kier molecular flexibility index (Phi) is 4.32. The lowest BCUT2D eigenvalue weighted by Gasteiger charge is -2.26. The van der Waals surface area contributed by atoms with Gasteiger partial charge in [-0.25, -0.2) is 0 Å². The molecule has 4 heteroatoms. The third-order valence-corrected chi connectivity index (χ3v) is 4.34. The number of hydrogen-bond donors (Lipinski definition) is 0. The van der Waals surface area contributed by atoms with Crippen molar-refractivity contribution >= 4 is 22.8 Å². The van der Waals surface area contributed by atoms with Gasteiger partial charge in [0.1, 0.15) is 5.69 Å². The van der Waals surface area contributed by atoms with Gasteiger partial charge in [0.2, 0.25) is 0 Å². The largest absolute Gasteiger partial charge is 0.366 e. The molecule has 3 nitrogen and oxygen atoms in total. The average Bonchev–Trinajstić information content (AvgIpc) is 2.99. The van der Waals surface area contributed by atoms with E-state index in [1.54, 1.807) is 23.6 Å². The van der Waals surface area contributed by atoms with E-state index < -0.39 is 0 Å². The number of anilines is 1. The second-order valence-corrected chi connectivity index (χ2v) is 5.46. The topological polar surface area (TPSA) is 33.2 Å². The van der Waals surface area contributed by atoms with E-state index in [1.807, 2.05) is 20.0 Å². The van der Waals surface area contributed by atoms with E-state index in [0.717, 1.165) is 5.69 Å². The van der Waals surface area contributed by atoms with Crippen LogP contribution in [0, 0.1) is 0 Å². The Balaban J connectivity index is 2.15. The van der Waals surface area contributed by atoms with Gasteiger partial charge in [-0.2, -0.15) is 0 Å². The average molecular weight is 274 g/mol. The van der Waals surface area contributed by atoms with E-state index in [0.29, 0.717) is 18.2 Å². The summed E-state index contributed by atoms with van der Waals surface area (Å²) in [5.74, 6) is 0.0838. The smallest absolute Gasteiger partial charge is 0.180 e. The minimum absolute atomic E-state index is 0.0838. The molecular formula is C15H18N2OS. The highest BCUT2D eigenvalue weighted by Gasteiger charge is 2.14. The molecule has 2 heterocycles. The molecule has 0 spiro atoms. The first-order valence-corrected chi connectivity index (χ1v) is 7.27. The number of nitrogens with zero attached hydrogens (tertiary/aromatic N) is 2. The number of pyridine rings is 1. The Morgan fingerprint density at radius 2 is 2.21 bits per heavy atom. The van der Waals surface area contributed by atoms with Crippen molar-refractivity contribution in [1.82, 2.24) is 4.98 Å². The molecule has 0 aliphatic heterocycles. The van der Waals surface area contributed by atoms with Crippen molar-refractivity contribution in [1.29, 1.82) is 0 Å². The van der Waals surface area contributed by atoms with Gasteiger partial charge in [0.15, 0.2) is 5.78 Å². The number of rotatable bonds is 5. The van der Waals surface area contributed by atoms with Crippen LogP contribution in [-0.2, 0) is 0 Å². The summed E-state index contributed by atoms with van der Waals surface area (Å²) in [7, 11) is 2.04. The van der Waals surface area contributed by atoms with Crippen LogP contribution >= 0.6 is 11.3 Å². The lowest BCUT2D eigenvalue weighted by molar-refractivity contribution is 0.0983. The van der Waals surface area contributed by atoms with Crippen LogP contribution in [0.25, 0.3) is 0 Å². The molecule has 2 aromatic heterocycles. The quantitative estimate of drug-likeness (QED) is 0.774. The maximum Gasteiger partial charge on any atom is 0.180 e. The van der Waals surface area contributed by atoms with Crippen LogP contribution in [0.1, 0.15) is 41.7 Å². The highest BCUT2D eigenvalue weighted by atomic mass is 32.1. The second-order valence-electron chi connectivity index (χ2n) is 4.48. The highest BCUT2D eigenvalue weighted by molar-refractivity contribution is 7.10. The van der Waals surface area contributed by atoms with E-state index in [1.165, 1.54) is 4.88 Å². The number of thiophene rings is 1. The van der Waals surface area contributed by atoms with Crippen LogP contribution in [0.2, 0.25) is 0 Å². The fourth-order valence-electron chi connectivity index (χ4n) is 1.88. The predicted octanol–water partition coefficient (Wildman–Crippen LogP) is 3.93. The number of hydrogen-bond acceptors (Lipinski definition) is 4. The minimum atomic E-state index is 0.0838. The molecule has 1 atom stereocenters. The molecule has 0 amide bonds. The zero-order valence-electron chi connectivity index (χ0n) is 11.5. The minimum Gasteiger partial charge on any atom is -0.366 e. The normalized spacial score (nSPS) is 12.2. The summed E-state index contributed by atoms with van der Waals surface area (Å²) in [6.07, 6.45) is 2.26. The lowest BCUT2D eigenvalue weighted by Crippen LogP contribution is -2.21. The number of ketones is 1. The van der Waals surface area contributed by atoms with Crippen molar-refractivity contribution in [2.75, 3.05) is 11.9 Å². The zero-order chi connectivity index (χ0) is 13.8. The monoisotopic (exact) mass is 274 g/mol. The van der Waals surface area contributed by atoms with E-state index in [-0.39, 0.29) is 5.78 Å². The summed E-state index contributed by atoms with van der Waals surface area (Å²) in [4.78, 5) is 19.3. The van der Waals surface area contributed by atoms with Gasteiger partial charge in [0, 0.05) is 18.3 Å². The molecule has 0 fully saturated rings. The fourth-order valence-corrected chi connectivity index (χ4v) is 2.71. The molecular weight excluding hydrogens is 256 g/mol. The van der Waals surface area contributed by atoms with E-state index in [2.05, 4.69) is 34.3 Å². The molecule has 0 saturated heterocycles. The van der Waals surface area contributed by atoms with Crippen LogP contribution in [-0.4, -0.2) is 17.8 Å². The molecule has 0 radical (unpaired) electrons. The number of aromatic nitrogens is 1. The molecule has 2 rings (SSSR count). The Morgan fingerprint density at radius 1 is 1.42 bits per heavy atom. The molecule has 0 bridgehead atoms. The predicted molar refractivity (Wildman–Crippen MR) is 80.0 cm³/mol. The standard InChI is InChI=1S/C15H18N2OS/c1-4-14(18)13-8-7-12(10-16-13)17(3)11(2)15-6-5-9-19-15/h5-11H,4H2,1-3H3. The van der Waals surface area contributed by atoms with E-state index in [9.17, 15) is 4.79 Å². The molecule has 19 heavy (non-hydrogen) atoms. The van der Waals surface area contributed by atoms with Crippen molar-refractivity contribution < 1.29 is 4.79 Å². The number of carbonyl (C=O) groups is 1. The van der Waals surface area contributed by atoms with Crippen LogP contribution in [0.3, 0.4) is 0 Å². The molecule has 0 aliphatic carbocycles. The fraction of sp³-hybridized carbons (Fsp3) is 0.333. The Labute approximate surface area is 117 Å². The summed E-state index contributed by atoms with van der Waals surface area (Å²) in [5, 5.41) is 2.08. The highest BCUT2D eigenvalue weighted by Crippen LogP contribution is 2.27. The van der Waals surface area contributed by atoms with E-state index in [4.69, 9.17) is 0 Å². The van der Waals surface area contributed by atoms with Gasteiger partial charge >= 0.3 is 0 Å². The second kappa shape index (κ2) is 5.97. The van der Waals surface area contributed by atoms with Gasteiger partial charge in [0.05, 0.1) is 17.9 Å². The van der Waals surface area contributed by atoms with Crippen molar-refractivity contribution in [3.05, 3.63) is 46.4 Å². The molecule has 0 aromatic carbocycles. The lowest BCUT2D eigenvalue weighted by atomic mass is 10.2. The molecule has 100 valence electrons. The maximum atomic E-state index is 11.5. The van der Waals surface area contributed by atoms with Gasteiger partial charge < -0.3 is 4.90 Å². The van der Waals surface area contributed by atoms with Crippen LogP contribution < -0.4 is 4.90 Å². The first kappa shape index (κ1) is 13.7. The van der Waals surface area contributed by atoms with Gasteiger partial charge in [-0.05, 0) is 30.5 Å². The summed E-state index contributed by atoms with van der Waals surface area (Å²) >= 11 is 1.75. The number of carbonyl (C=O) groups excluding carboxylic acids is 1. The summed E-state index contributed by atoms with van der Waals surface area (Å²) in [6, 6.07) is 8.26. The number of Topliss-reactive ketones (excluding diaryl/α,β-unsaturated/α-hetero) is 1. The molecule has 0 N–H and O–H groups in total. The van der Waals surface area contributed by atoms with Crippen LogP contribution in [0.4, 0.5) is 5.69 Å². The summed E-state index contributed by atoms with van der Waals surface area (Å²) in [5.41, 5.74) is 1.57. The third-order valence-electron chi connectivity index (χ3n) is 3.30. The first-order chi connectivity index (χ1) is 9.13. The van der Waals surface area contributed by atoms with Crippen molar-refractivity contribution in [3.63, 3.8) is 0 Å². The van der Waals surface area contributed by atoms with E-state index >= 15 is 0 Å². The zero-order valence-corrected chi connectivity index (χ0v) is 12.3. The maximum absolute atomic E-state index is 11.5.